The monoisotopic (exact) mass is 318 g/mol. The molecule has 2 aromatic heterocycles. The second kappa shape index (κ2) is 6.48. The van der Waals surface area contributed by atoms with Crippen molar-refractivity contribution in [1.82, 2.24) is 19.8 Å². The van der Waals surface area contributed by atoms with Crippen LogP contribution in [-0.4, -0.2) is 32.9 Å². The molecule has 2 aliphatic rings. The molecule has 2 aliphatic heterocycles. The van der Waals surface area contributed by atoms with E-state index in [9.17, 15) is 0 Å². The maximum atomic E-state index is 4.53. The van der Waals surface area contributed by atoms with Crippen LogP contribution >= 0.6 is 0 Å². The van der Waals surface area contributed by atoms with Crippen molar-refractivity contribution in [1.29, 1.82) is 0 Å². The lowest BCUT2D eigenvalue weighted by Gasteiger charge is -2.40. The molecule has 4 heterocycles. The summed E-state index contributed by atoms with van der Waals surface area (Å²) in [4.78, 5) is 13.6. The van der Waals surface area contributed by atoms with Gasteiger partial charge in [0.1, 0.15) is 5.82 Å². The van der Waals surface area contributed by atoms with Crippen LogP contribution in [0.3, 0.4) is 0 Å². The van der Waals surface area contributed by atoms with Gasteiger partial charge in [-0.3, -0.25) is 9.97 Å². The predicted octanol–water partition coefficient (Wildman–Crippen LogP) is 3.14. The molecule has 0 atom stereocenters. The number of fused-ring (bicyclic) bond motifs is 1. The van der Waals surface area contributed by atoms with E-state index in [4.69, 9.17) is 0 Å². The minimum atomic E-state index is 0.913. The number of hydrogen-bond donors (Lipinski definition) is 0. The molecule has 4 heteroatoms. The molecule has 24 heavy (non-hydrogen) atoms. The summed E-state index contributed by atoms with van der Waals surface area (Å²) in [7, 11) is 0. The summed E-state index contributed by atoms with van der Waals surface area (Å²) in [5, 5.41) is 0. The Morgan fingerprint density at radius 1 is 1.12 bits per heavy atom. The highest BCUT2D eigenvalue weighted by atomic mass is 15.3. The minimum Gasteiger partial charge on any atom is -0.353 e. The molecule has 0 spiro atoms. The molecule has 0 aromatic carbocycles. The van der Waals surface area contributed by atoms with Crippen molar-refractivity contribution in [2.45, 2.75) is 26.4 Å². The second-order valence-corrected chi connectivity index (χ2v) is 6.43. The van der Waals surface area contributed by atoms with Gasteiger partial charge in [0.25, 0.3) is 0 Å². The molecule has 0 radical (unpaired) electrons. The Morgan fingerprint density at radius 3 is 2.88 bits per heavy atom. The SMILES string of the molecule is CC1=C(N2CCc3ncccc3C2)N(Cc2ccncc2)CC=C1. The van der Waals surface area contributed by atoms with Gasteiger partial charge in [0.05, 0.1) is 0 Å². The first kappa shape index (κ1) is 14.9. The summed E-state index contributed by atoms with van der Waals surface area (Å²) in [6.45, 7) is 6.04. The van der Waals surface area contributed by atoms with Gasteiger partial charge in [0, 0.05) is 56.9 Å². The van der Waals surface area contributed by atoms with Crippen LogP contribution < -0.4 is 0 Å². The lowest BCUT2D eigenvalue weighted by molar-refractivity contribution is 0.196. The Balaban J connectivity index is 1.60. The van der Waals surface area contributed by atoms with E-state index in [-0.39, 0.29) is 0 Å². The van der Waals surface area contributed by atoms with Crippen molar-refractivity contribution in [3.63, 3.8) is 0 Å². The number of nitrogens with zero attached hydrogens (tertiary/aromatic N) is 4. The Morgan fingerprint density at radius 2 is 2.00 bits per heavy atom. The molecule has 0 N–H and O–H groups in total. The molecule has 0 aliphatic carbocycles. The van der Waals surface area contributed by atoms with Gasteiger partial charge in [-0.05, 0) is 41.8 Å². The third-order valence-electron chi connectivity index (χ3n) is 4.73. The molecule has 0 saturated carbocycles. The highest BCUT2D eigenvalue weighted by Crippen LogP contribution is 2.27. The van der Waals surface area contributed by atoms with Crippen LogP contribution in [0.5, 0.6) is 0 Å². The van der Waals surface area contributed by atoms with Crippen molar-refractivity contribution >= 4 is 0 Å². The van der Waals surface area contributed by atoms with E-state index in [2.05, 4.69) is 57.0 Å². The molecular formula is C20H22N4. The smallest absolute Gasteiger partial charge is 0.108 e. The van der Waals surface area contributed by atoms with Gasteiger partial charge < -0.3 is 9.80 Å². The van der Waals surface area contributed by atoms with E-state index >= 15 is 0 Å². The number of pyridine rings is 2. The van der Waals surface area contributed by atoms with Crippen molar-refractivity contribution < 1.29 is 0 Å². The van der Waals surface area contributed by atoms with Crippen LogP contribution in [0.2, 0.25) is 0 Å². The Hall–Kier alpha value is -2.62. The van der Waals surface area contributed by atoms with Crippen molar-refractivity contribution in [2.24, 2.45) is 0 Å². The summed E-state index contributed by atoms with van der Waals surface area (Å²) in [5.41, 5.74) is 5.23. The van der Waals surface area contributed by atoms with Gasteiger partial charge in [-0.1, -0.05) is 18.2 Å². The normalized spacial score (nSPS) is 17.2. The fourth-order valence-electron chi connectivity index (χ4n) is 3.61. The Kier molecular flexibility index (Phi) is 4.03. The fraction of sp³-hybridized carbons (Fsp3) is 0.300. The van der Waals surface area contributed by atoms with Crippen LogP contribution in [0.25, 0.3) is 0 Å². The van der Waals surface area contributed by atoms with Gasteiger partial charge >= 0.3 is 0 Å². The van der Waals surface area contributed by atoms with E-state index in [0.717, 1.165) is 32.6 Å². The van der Waals surface area contributed by atoms with Crippen LogP contribution in [0.4, 0.5) is 0 Å². The van der Waals surface area contributed by atoms with Gasteiger partial charge in [-0.15, -0.1) is 0 Å². The van der Waals surface area contributed by atoms with E-state index in [1.807, 2.05) is 24.7 Å². The molecule has 0 bridgehead atoms. The summed E-state index contributed by atoms with van der Waals surface area (Å²) >= 11 is 0. The summed E-state index contributed by atoms with van der Waals surface area (Å²) < 4.78 is 0. The maximum absolute atomic E-state index is 4.53. The molecule has 0 unspecified atom stereocenters. The Bertz CT molecular complexity index is 779. The van der Waals surface area contributed by atoms with Gasteiger partial charge in [-0.25, -0.2) is 0 Å². The van der Waals surface area contributed by atoms with Crippen molar-refractivity contribution in [2.75, 3.05) is 13.1 Å². The summed E-state index contributed by atoms with van der Waals surface area (Å²) in [6, 6.07) is 8.44. The number of allylic oxidation sites excluding steroid dienone is 2. The fourth-order valence-corrected chi connectivity index (χ4v) is 3.61. The zero-order valence-electron chi connectivity index (χ0n) is 14.0. The quantitative estimate of drug-likeness (QED) is 0.870. The van der Waals surface area contributed by atoms with Crippen LogP contribution in [-0.2, 0) is 19.5 Å². The first-order chi connectivity index (χ1) is 11.8. The lowest BCUT2D eigenvalue weighted by Crippen LogP contribution is -2.40. The average molecular weight is 318 g/mol. The molecule has 2 aromatic rings. The average Bonchev–Trinajstić information content (AvgIpc) is 2.62. The maximum Gasteiger partial charge on any atom is 0.108 e. The molecule has 122 valence electrons. The third kappa shape index (κ3) is 2.92. The van der Waals surface area contributed by atoms with Crippen LogP contribution in [0.15, 0.2) is 66.4 Å². The zero-order chi connectivity index (χ0) is 16.4. The Labute approximate surface area is 143 Å². The van der Waals surface area contributed by atoms with Gasteiger partial charge in [0.15, 0.2) is 0 Å². The second-order valence-electron chi connectivity index (χ2n) is 6.43. The number of aromatic nitrogens is 2. The standard InChI is InChI=1S/C20H22N4/c1-16-4-3-12-23(14-17-6-10-21-11-7-17)20(16)24-13-8-19-18(15-24)5-2-9-22-19/h2-7,9-11H,8,12-15H2,1H3. The van der Waals surface area contributed by atoms with Gasteiger partial charge in [0.2, 0.25) is 0 Å². The number of rotatable bonds is 3. The molecule has 4 rings (SSSR count). The summed E-state index contributed by atoms with van der Waals surface area (Å²) in [6.07, 6.45) is 11.1. The van der Waals surface area contributed by atoms with Crippen molar-refractivity contribution in [3.8, 4) is 0 Å². The van der Waals surface area contributed by atoms with E-state index in [1.165, 1.54) is 28.2 Å². The molecule has 0 saturated heterocycles. The van der Waals surface area contributed by atoms with Crippen LogP contribution in [0, 0.1) is 0 Å². The largest absolute Gasteiger partial charge is 0.353 e. The highest BCUT2D eigenvalue weighted by molar-refractivity contribution is 5.31. The molecular weight excluding hydrogens is 296 g/mol. The predicted molar refractivity (Wildman–Crippen MR) is 94.8 cm³/mol. The molecule has 4 nitrogen and oxygen atoms in total. The third-order valence-corrected chi connectivity index (χ3v) is 4.73. The first-order valence-corrected chi connectivity index (χ1v) is 8.50. The minimum absolute atomic E-state index is 0.913. The molecule has 0 amide bonds. The van der Waals surface area contributed by atoms with Crippen molar-refractivity contribution in [3.05, 3.63) is 83.2 Å². The van der Waals surface area contributed by atoms with Gasteiger partial charge in [-0.2, -0.15) is 0 Å². The highest BCUT2D eigenvalue weighted by Gasteiger charge is 2.25. The van der Waals surface area contributed by atoms with E-state index in [0.29, 0.717) is 0 Å². The van der Waals surface area contributed by atoms with Crippen LogP contribution in [0.1, 0.15) is 23.7 Å². The lowest BCUT2D eigenvalue weighted by atomic mass is 10.0. The van der Waals surface area contributed by atoms with E-state index < -0.39 is 0 Å². The topological polar surface area (TPSA) is 32.3 Å². The van der Waals surface area contributed by atoms with E-state index in [1.54, 1.807) is 0 Å². The zero-order valence-corrected chi connectivity index (χ0v) is 14.0. The first-order valence-electron chi connectivity index (χ1n) is 8.50. The number of hydrogen-bond acceptors (Lipinski definition) is 4. The molecule has 0 fully saturated rings. The summed E-state index contributed by atoms with van der Waals surface area (Å²) in [5.74, 6) is 1.35.